The van der Waals surface area contributed by atoms with Crippen molar-refractivity contribution in [2.24, 2.45) is 11.7 Å². The average molecular weight is 210 g/mol. The minimum absolute atomic E-state index is 0.0672. The van der Waals surface area contributed by atoms with E-state index in [1.54, 1.807) is 0 Å². The number of Topliss-reactive ketones (excluding diaryl/α,β-unsaturated/α-hetero) is 1. The van der Waals surface area contributed by atoms with E-state index in [4.69, 9.17) is 5.73 Å². The van der Waals surface area contributed by atoms with Crippen LogP contribution in [-0.2, 0) is 0 Å². The Hall–Kier alpha value is -0.740. The number of ketones is 1. The molecule has 1 aromatic heterocycles. The highest BCUT2D eigenvalue weighted by Gasteiger charge is 2.26. The summed E-state index contributed by atoms with van der Waals surface area (Å²) in [6.07, 6.45) is 3.08. The molecule has 14 heavy (non-hydrogen) atoms. The predicted octanol–water partition coefficient (Wildman–Crippen LogP) is 2.15. The van der Waals surface area contributed by atoms with Crippen LogP contribution in [0, 0.1) is 5.92 Å². The third-order valence-corrected chi connectivity index (χ3v) is 3.41. The maximum Gasteiger partial charge on any atom is 0.182 e. The van der Waals surface area contributed by atoms with Crippen LogP contribution in [0.3, 0.4) is 0 Å². The van der Waals surface area contributed by atoms with Gasteiger partial charge in [-0.1, -0.05) is 0 Å². The van der Waals surface area contributed by atoms with Crippen LogP contribution in [0.15, 0.2) is 5.38 Å². The molecule has 0 amide bonds. The van der Waals surface area contributed by atoms with E-state index >= 15 is 0 Å². The van der Waals surface area contributed by atoms with Gasteiger partial charge in [-0.15, -0.1) is 11.3 Å². The van der Waals surface area contributed by atoms with Crippen LogP contribution in [0.1, 0.15) is 47.7 Å². The molecule has 1 aromatic rings. The lowest BCUT2D eigenvalue weighted by molar-refractivity contribution is 0.0971. The smallest absolute Gasteiger partial charge is 0.182 e. The van der Waals surface area contributed by atoms with Gasteiger partial charge in [0.05, 0.1) is 6.04 Å². The summed E-state index contributed by atoms with van der Waals surface area (Å²) in [4.78, 5) is 15.9. The molecule has 1 unspecified atom stereocenters. The van der Waals surface area contributed by atoms with Crippen molar-refractivity contribution in [1.29, 1.82) is 0 Å². The van der Waals surface area contributed by atoms with Crippen LogP contribution in [0.25, 0.3) is 0 Å². The quantitative estimate of drug-likeness (QED) is 0.775. The van der Waals surface area contributed by atoms with Crippen molar-refractivity contribution in [2.75, 3.05) is 0 Å². The Kier molecular flexibility index (Phi) is 2.65. The van der Waals surface area contributed by atoms with Crippen LogP contribution >= 0.6 is 11.3 Å². The van der Waals surface area contributed by atoms with E-state index in [0.29, 0.717) is 18.0 Å². The third-order valence-electron chi connectivity index (χ3n) is 2.37. The van der Waals surface area contributed by atoms with E-state index in [2.05, 4.69) is 4.98 Å². The second-order valence-corrected chi connectivity index (χ2v) is 4.82. The predicted molar refractivity (Wildman–Crippen MR) is 56.4 cm³/mol. The lowest BCUT2D eigenvalue weighted by atomic mass is 10.2. The molecule has 2 N–H and O–H groups in total. The minimum atomic E-state index is -0.0672. The minimum Gasteiger partial charge on any atom is -0.322 e. The molecule has 0 aliphatic heterocycles. The molecular weight excluding hydrogens is 196 g/mol. The molecule has 0 spiro atoms. The van der Waals surface area contributed by atoms with Gasteiger partial charge < -0.3 is 5.73 Å². The van der Waals surface area contributed by atoms with E-state index in [1.807, 2.05) is 12.3 Å². The van der Waals surface area contributed by atoms with E-state index < -0.39 is 0 Å². The number of nitrogens with zero attached hydrogens (tertiary/aromatic N) is 1. The highest BCUT2D eigenvalue weighted by atomic mass is 32.1. The molecular formula is C10H14N2OS. The molecule has 1 aliphatic carbocycles. The highest BCUT2D eigenvalue weighted by Crippen LogP contribution is 2.33. The van der Waals surface area contributed by atoms with Gasteiger partial charge in [0.15, 0.2) is 5.78 Å². The van der Waals surface area contributed by atoms with Crippen molar-refractivity contribution in [3.05, 3.63) is 16.1 Å². The van der Waals surface area contributed by atoms with Gasteiger partial charge >= 0.3 is 0 Å². The SMILES string of the molecule is CC(N)c1nc(C(=O)CC2CC2)cs1. The zero-order valence-corrected chi connectivity index (χ0v) is 9.01. The van der Waals surface area contributed by atoms with Gasteiger partial charge in [0, 0.05) is 11.8 Å². The van der Waals surface area contributed by atoms with Crippen LogP contribution in [-0.4, -0.2) is 10.8 Å². The summed E-state index contributed by atoms with van der Waals surface area (Å²) in [5.41, 5.74) is 6.28. The maximum absolute atomic E-state index is 11.6. The third kappa shape index (κ3) is 2.19. The summed E-state index contributed by atoms with van der Waals surface area (Å²) in [6.45, 7) is 1.88. The van der Waals surface area contributed by atoms with Crippen molar-refractivity contribution in [2.45, 2.75) is 32.2 Å². The number of hydrogen-bond donors (Lipinski definition) is 1. The number of nitrogens with two attached hydrogens (primary N) is 1. The molecule has 3 nitrogen and oxygen atoms in total. The van der Waals surface area contributed by atoms with E-state index in [9.17, 15) is 4.79 Å². The van der Waals surface area contributed by atoms with Crippen LogP contribution in [0.2, 0.25) is 0 Å². The van der Waals surface area contributed by atoms with E-state index in [1.165, 1.54) is 24.2 Å². The van der Waals surface area contributed by atoms with Crippen molar-refractivity contribution in [3.63, 3.8) is 0 Å². The van der Waals surface area contributed by atoms with E-state index in [-0.39, 0.29) is 11.8 Å². The Bertz CT molecular complexity index is 342. The molecule has 0 aromatic carbocycles. The normalized spacial score (nSPS) is 18.1. The molecule has 1 aliphatic rings. The fourth-order valence-corrected chi connectivity index (χ4v) is 2.10. The molecule has 1 saturated carbocycles. The van der Waals surface area contributed by atoms with Crippen LogP contribution < -0.4 is 5.73 Å². The van der Waals surface area contributed by atoms with Crippen molar-refractivity contribution >= 4 is 17.1 Å². The van der Waals surface area contributed by atoms with Gasteiger partial charge in [-0.2, -0.15) is 0 Å². The molecule has 4 heteroatoms. The van der Waals surface area contributed by atoms with Crippen molar-refractivity contribution in [3.8, 4) is 0 Å². The summed E-state index contributed by atoms with van der Waals surface area (Å²) in [7, 11) is 0. The Balaban J connectivity index is 2.03. The number of thiazole rings is 1. The second-order valence-electron chi connectivity index (χ2n) is 3.93. The fourth-order valence-electron chi connectivity index (χ4n) is 1.31. The first kappa shape index (κ1) is 9.80. The van der Waals surface area contributed by atoms with Gasteiger partial charge in [-0.05, 0) is 25.7 Å². The molecule has 0 saturated heterocycles. The van der Waals surface area contributed by atoms with Gasteiger partial charge in [-0.25, -0.2) is 4.98 Å². The molecule has 1 fully saturated rings. The van der Waals surface area contributed by atoms with Crippen molar-refractivity contribution < 1.29 is 4.79 Å². The zero-order valence-electron chi connectivity index (χ0n) is 8.19. The topological polar surface area (TPSA) is 56.0 Å². The van der Waals surface area contributed by atoms with Crippen molar-refractivity contribution in [1.82, 2.24) is 4.98 Å². The Morgan fingerprint density at radius 3 is 3.00 bits per heavy atom. The summed E-state index contributed by atoms with van der Waals surface area (Å²) >= 11 is 1.48. The maximum atomic E-state index is 11.6. The first-order valence-corrected chi connectivity index (χ1v) is 5.79. The summed E-state index contributed by atoms with van der Waals surface area (Å²) in [5.74, 6) is 0.804. The Morgan fingerprint density at radius 2 is 2.50 bits per heavy atom. The molecule has 1 atom stereocenters. The number of aromatic nitrogens is 1. The highest BCUT2D eigenvalue weighted by molar-refractivity contribution is 7.09. The van der Waals surface area contributed by atoms with E-state index in [0.717, 1.165) is 5.01 Å². The molecule has 1 heterocycles. The lowest BCUT2D eigenvalue weighted by Gasteiger charge is -1.97. The summed E-state index contributed by atoms with van der Waals surface area (Å²) in [6, 6.07) is -0.0672. The average Bonchev–Trinajstić information content (AvgIpc) is 2.81. The number of carbonyl (C=O) groups excluding carboxylic acids is 1. The first-order valence-electron chi connectivity index (χ1n) is 4.91. The van der Waals surface area contributed by atoms with Crippen LogP contribution in [0.5, 0.6) is 0 Å². The largest absolute Gasteiger partial charge is 0.322 e. The van der Waals surface area contributed by atoms with Gasteiger partial charge in [0.25, 0.3) is 0 Å². The number of rotatable bonds is 4. The first-order chi connectivity index (χ1) is 6.66. The fraction of sp³-hybridized carbons (Fsp3) is 0.600. The van der Waals surface area contributed by atoms with Gasteiger partial charge in [-0.3, -0.25) is 4.79 Å². The molecule has 0 bridgehead atoms. The van der Waals surface area contributed by atoms with Crippen LogP contribution in [0.4, 0.5) is 0 Å². The number of hydrogen-bond acceptors (Lipinski definition) is 4. The second kappa shape index (κ2) is 3.79. The molecule has 0 radical (unpaired) electrons. The lowest BCUT2D eigenvalue weighted by Crippen LogP contribution is -2.06. The zero-order chi connectivity index (χ0) is 10.1. The van der Waals surface area contributed by atoms with Gasteiger partial charge in [0.2, 0.25) is 0 Å². The summed E-state index contributed by atoms with van der Waals surface area (Å²) < 4.78 is 0. The monoisotopic (exact) mass is 210 g/mol. The van der Waals surface area contributed by atoms with Gasteiger partial charge in [0.1, 0.15) is 10.7 Å². The Labute approximate surface area is 87.3 Å². The molecule has 2 rings (SSSR count). The Morgan fingerprint density at radius 1 is 1.79 bits per heavy atom. The summed E-state index contributed by atoms with van der Waals surface area (Å²) in [5, 5.41) is 2.67. The molecule has 76 valence electrons. The number of carbonyl (C=O) groups is 1. The standard InChI is InChI=1S/C10H14N2OS/c1-6(11)10-12-8(5-14-10)9(13)4-7-2-3-7/h5-7H,2-4,11H2,1H3.